The minimum Gasteiger partial charge on any atom is -0.480 e. The molecular formula is C39H68NO9P. The Morgan fingerprint density at radius 1 is 0.660 bits per heavy atom. The first-order valence-corrected chi connectivity index (χ1v) is 20.3. The van der Waals surface area contributed by atoms with Crippen molar-refractivity contribution in [2.75, 3.05) is 26.4 Å². The molecule has 0 aromatic heterocycles. The maximum Gasteiger partial charge on any atom is 0.472 e. The Balaban J connectivity index is 4.28. The van der Waals surface area contributed by atoms with E-state index in [4.69, 9.17) is 24.8 Å². The van der Waals surface area contributed by atoms with E-state index in [1.165, 1.54) is 25.7 Å². The summed E-state index contributed by atoms with van der Waals surface area (Å²) in [5.41, 5.74) is 5.32. The normalized spacial score (nSPS) is 14.8. The van der Waals surface area contributed by atoms with Crippen molar-refractivity contribution in [3.05, 3.63) is 60.8 Å². The number of ether oxygens (including phenoxy) is 2. The molecule has 0 rings (SSSR count). The van der Waals surface area contributed by atoms with Gasteiger partial charge in [-0.2, -0.15) is 0 Å². The standard InChI is InChI=1S/C39H68NO9P/c1-3-5-7-9-11-13-14-15-16-17-18-19-20-21-22-23-24-26-28-30-32-46-33-36(34-47-50(44,45)48-35-37(40)39(42)43)49-38(41)31-29-27-25-12-10-8-6-4-2/h5,7,11,13,15-16,18-19,21-22,36-37H,3-4,6,8-10,12,14,17,20,23-35,40H2,1-2H3,(H,42,43)(H,44,45)/b7-5-,13-11-,16-15-,19-18-,22-21-. The van der Waals surface area contributed by atoms with Gasteiger partial charge >= 0.3 is 19.8 Å². The van der Waals surface area contributed by atoms with Crippen molar-refractivity contribution in [1.29, 1.82) is 0 Å². The average molecular weight is 726 g/mol. The fourth-order valence-electron chi connectivity index (χ4n) is 4.63. The second-order valence-electron chi connectivity index (χ2n) is 12.3. The predicted octanol–water partition coefficient (Wildman–Crippen LogP) is 9.69. The van der Waals surface area contributed by atoms with E-state index in [0.717, 1.165) is 83.5 Å². The Morgan fingerprint density at radius 3 is 1.74 bits per heavy atom. The largest absolute Gasteiger partial charge is 0.480 e. The Labute approximate surface area is 302 Å². The Bertz CT molecular complexity index is 1030. The summed E-state index contributed by atoms with van der Waals surface area (Å²) in [6.45, 7) is 3.64. The first kappa shape index (κ1) is 47.7. The van der Waals surface area contributed by atoms with E-state index >= 15 is 0 Å². The zero-order valence-corrected chi connectivity index (χ0v) is 31.9. The van der Waals surface area contributed by atoms with Crippen molar-refractivity contribution in [3.8, 4) is 0 Å². The van der Waals surface area contributed by atoms with E-state index in [1.807, 2.05) is 0 Å². The lowest BCUT2D eigenvalue weighted by Gasteiger charge is -2.20. The highest BCUT2D eigenvalue weighted by molar-refractivity contribution is 7.47. The molecule has 50 heavy (non-hydrogen) atoms. The molecule has 0 aliphatic carbocycles. The molecule has 0 bridgehead atoms. The summed E-state index contributed by atoms with van der Waals surface area (Å²) < 4.78 is 33.1. The molecule has 4 N–H and O–H groups in total. The molecule has 3 atom stereocenters. The van der Waals surface area contributed by atoms with Crippen LogP contribution in [0.1, 0.15) is 136 Å². The maximum absolute atomic E-state index is 12.5. The highest BCUT2D eigenvalue weighted by atomic mass is 31.2. The molecule has 0 saturated heterocycles. The second-order valence-corrected chi connectivity index (χ2v) is 13.8. The summed E-state index contributed by atoms with van der Waals surface area (Å²) in [6.07, 6.45) is 40.1. The molecule has 0 aliphatic rings. The van der Waals surface area contributed by atoms with Crippen molar-refractivity contribution in [3.63, 3.8) is 0 Å². The molecule has 11 heteroatoms. The third-order valence-corrected chi connectivity index (χ3v) is 8.51. The summed E-state index contributed by atoms with van der Waals surface area (Å²) in [5, 5.41) is 8.85. The van der Waals surface area contributed by atoms with Gasteiger partial charge in [0.05, 0.1) is 19.8 Å². The summed E-state index contributed by atoms with van der Waals surface area (Å²) >= 11 is 0. The van der Waals surface area contributed by atoms with Gasteiger partial charge in [0.2, 0.25) is 0 Å². The van der Waals surface area contributed by atoms with Gasteiger partial charge in [0, 0.05) is 13.0 Å². The van der Waals surface area contributed by atoms with Crippen molar-refractivity contribution in [2.24, 2.45) is 5.73 Å². The van der Waals surface area contributed by atoms with Crippen LogP contribution >= 0.6 is 7.82 Å². The second kappa shape index (κ2) is 35.1. The SMILES string of the molecule is CC/C=C\C/C=C\C/C=C\C/C=C\C/C=C\CCCCCCOCC(COP(=O)(O)OCC(N)C(=O)O)OC(=O)CCCCCCCCCC. The Kier molecular flexibility index (Phi) is 33.5. The number of hydrogen-bond acceptors (Lipinski definition) is 8. The number of nitrogens with two attached hydrogens (primary N) is 1. The van der Waals surface area contributed by atoms with Crippen LogP contribution in [0.25, 0.3) is 0 Å². The van der Waals surface area contributed by atoms with Crippen LogP contribution in [0.15, 0.2) is 60.8 Å². The van der Waals surface area contributed by atoms with Crippen LogP contribution in [0.4, 0.5) is 0 Å². The minimum atomic E-state index is -4.61. The van der Waals surface area contributed by atoms with Crippen LogP contribution < -0.4 is 5.73 Å². The van der Waals surface area contributed by atoms with Crippen molar-refractivity contribution < 1.29 is 42.7 Å². The molecule has 0 heterocycles. The minimum absolute atomic E-state index is 0.00214. The first-order chi connectivity index (χ1) is 24.2. The quantitative estimate of drug-likeness (QED) is 0.0249. The number of phosphoric acid groups is 1. The molecule has 0 spiro atoms. The van der Waals surface area contributed by atoms with Gasteiger partial charge in [-0.3, -0.25) is 18.6 Å². The number of carboxylic acid groups (broad SMARTS) is 1. The smallest absolute Gasteiger partial charge is 0.472 e. The highest BCUT2D eigenvalue weighted by Crippen LogP contribution is 2.43. The molecule has 10 nitrogen and oxygen atoms in total. The van der Waals surface area contributed by atoms with Gasteiger partial charge in [-0.15, -0.1) is 0 Å². The number of phosphoric ester groups is 1. The van der Waals surface area contributed by atoms with E-state index in [2.05, 4.69) is 79.1 Å². The lowest BCUT2D eigenvalue weighted by atomic mass is 10.1. The van der Waals surface area contributed by atoms with Crippen molar-refractivity contribution in [2.45, 2.75) is 148 Å². The molecule has 0 saturated carbocycles. The summed E-state index contributed by atoms with van der Waals surface area (Å²) in [6, 6.07) is -1.48. The predicted molar refractivity (Wildman–Crippen MR) is 203 cm³/mol. The Morgan fingerprint density at radius 2 is 1.16 bits per heavy atom. The Hall–Kier alpha value is -2.33. The molecule has 0 aromatic carbocycles. The number of rotatable bonds is 35. The number of hydrogen-bond donors (Lipinski definition) is 3. The molecule has 0 amide bonds. The number of carbonyl (C=O) groups excluding carboxylic acids is 1. The van der Waals surface area contributed by atoms with Gasteiger partial charge < -0.3 is 25.2 Å². The average Bonchev–Trinajstić information content (AvgIpc) is 3.09. The number of carbonyl (C=O) groups is 2. The molecule has 288 valence electrons. The number of carboxylic acids is 1. The number of aliphatic carboxylic acids is 1. The zero-order chi connectivity index (χ0) is 37.0. The zero-order valence-electron chi connectivity index (χ0n) is 31.0. The summed E-state index contributed by atoms with van der Waals surface area (Å²) in [5.74, 6) is -1.80. The van der Waals surface area contributed by atoms with Gasteiger partial charge in [-0.25, -0.2) is 4.57 Å². The van der Waals surface area contributed by atoms with Crippen molar-refractivity contribution in [1.82, 2.24) is 0 Å². The lowest BCUT2D eigenvalue weighted by molar-refractivity contribution is -0.154. The molecule has 0 radical (unpaired) electrons. The van der Waals surface area contributed by atoms with Gasteiger partial charge in [0.1, 0.15) is 12.1 Å². The fourth-order valence-corrected chi connectivity index (χ4v) is 5.41. The third-order valence-electron chi connectivity index (χ3n) is 7.56. The number of unbranched alkanes of at least 4 members (excludes halogenated alkanes) is 11. The molecule has 3 unspecified atom stereocenters. The van der Waals surface area contributed by atoms with E-state index in [0.29, 0.717) is 13.0 Å². The number of esters is 1. The van der Waals surface area contributed by atoms with E-state index in [9.17, 15) is 19.0 Å². The molecular weight excluding hydrogens is 657 g/mol. The van der Waals surface area contributed by atoms with Gasteiger partial charge in [-0.1, -0.05) is 132 Å². The summed E-state index contributed by atoms with van der Waals surface area (Å²) in [7, 11) is -4.61. The fraction of sp³-hybridized carbons (Fsp3) is 0.692. The first-order valence-electron chi connectivity index (χ1n) is 18.8. The van der Waals surface area contributed by atoms with Crippen LogP contribution in [0.2, 0.25) is 0 Å². The monoisotopic (exact) mass is 725 g/mol. The van der Waals surface area contributed by atoms with Gasteiger partial charge in [-0.05, 0) is 57.8 Å². The van der Waals surface area contributed by atoms with Crippen LogP contribution in [0.5, 0.6) is 0 Å². The van der Waals surface area contributed by atoms with Crippen LogP contribution in [0, 0.1) is 0 Å². The molecule has 0 aromatic rings. The number of allylic oxidation sites excluding steroid dienone is 10. The van der Waals surface area contributed by atoms with E-state index < -0.39 is 45.1 Å². The molecule has 0 aliphatic heterocycles. The van der Waals surface area contributed by atoms with Gasteiger partial charge in [0.25, 0.3) is 0 Å². The molecule has 0 fully saturated rings. The van der Waals surface area contributed by atoms with Crippen LogP contribution in [-0.4, -0.2) is 60.5 Å². The van der Waals surface area contributed by atoms with Crippen LogP contribution in [-0.2, 0) is 32.7 Å². The lowest BCUT2D eigenvalue weighted by Crippen LogP contribution is -2.34. The van der Waals surface area contributed by atoms with E-state index in [-0.39, 0.29) is 13.0 Å². The van der Waals surface area contributed by atoms with Crippen molar-refractivity contribution >= 4 is 19.8 Å². The highest BCUT2D eigenvalue weighted by Gasteiger charge is 2.27. The van der Waals surface area contributed by atoms with Gasteiger partial charge in [0.15, 0.2) is 0 Å². The van der Waals surface area contributed by atoms with E-state index in [1.54, 1.807) is 0 Å². The van der Waals surface area contributed by atoms with Crippen LogP contribution in [0.3, 0.4) is 0 Å². The topological polar surface area (TPSA) is 155 Å². The maximum atomic E-state index is 12.5. The summed E-state index contributed by atoms with van der Waals surface area (Å²) in [4.78, 5) is 33.3. The third kappa shape index (κ3) is 34.1.